The van der Waals surface area contributed by atoms with E-state index in [1.54, 1.807) is 34.6 Å². The Balaban J connectivity index is 2.34. The van der Waals surface area contributed by atoms with Crippen molar-refractivity contribution < 1.29 is 23.9 Å². The zero-order valence-electron chi connectivity index (χ0n) is 15.3. The summed E-state index contributed by atoms with van der Waals surface area (Å²) in [4.78, 5) is 37.4. The molecular weight excluding hydrogens is 342 g/mol. The minimum Gasteiger partial charge on any atom is -0.459 e. The maximum Gasteiger partial charge on any atom is 0.348 e. The topological polar surface area (TPSA) is 81.7 Å². The first-order valence-electron chi connectivity index (χ1n) is 8.56. The number of amides is 1. The summed E-state index contributed by atoms with van der Waals surface area (Å²) < 4.78 is 10.5. The molecule has 1 saturated carbocycles. The number of carbonyl (C=O) groups is 3. The molecule has 0 saturated heterocycles. The van der Waals surface area contributed by atoms with E-state index in [2.05, 4.69) is 5.32 Å². The monoisotopic (exact) mass is 367 g/mol. The van der Waals surface area contributed by atoms with Gasteiger partial charge in [0, 0.05) is 5.92 Å². The number of ether oxygens (including phenoxy) is 2. The van der Waals surface area contributed by atoms with Crippen LogP contribution >= 0.6 is 11.3 Å². The summed E-state index contributed by atoms with van der Waals surface area (Å²) in [5.41, 5.74) is 0.715. The molecule has 7 heteroatoms. The lowest BCUT2D eigenvalue weighted by Crippen LogP contribution is -2.28. The van der Waals surface area contributed by atoms with Crippen molar-refractivity contribution in [2.24, 2.45) is 5.92 Å². The summed E-state index contributed by atoms with van der Waals surface area (Å²) in [6.07, 6.45) is 2.17. The quantitative estimate of drug-likeness (QED) is 0.771. The highest BCUT2D eigenvalue weighted by Gasteiger charge is 2.31. The molecule has 138 valence electrons. The van der Waals surface area contributed by atoms with Crippen LogP contribution in [0, 0.1) is 12.8 Å². The van der Waals surface area contributed by atoms with Crippen LogP contribution < -0.4 is 5.32 Å². The summed E-state index contributed by atoms with van der Waals surface area (Å²) in [6, 6.07) is 0. The lowest BCUT2D eigenvalue weighted by Gasteiger charge is -2.23. The minimum absolute atomic E-state index is 0.0255. The van der Waals surface area contributed by atoms with Gasteiger partial charge in [0.2, 0.25) is 5.91 Å². The third-order valence-electron chi connectivity index (χ3n) is 3.93. The number of nitrogens with one attached hydrogen (secondary N) is 1. The van der Waals surface area contributed by atoms with E-state index >= 15 is 0 Å². The number of carbonyl (C=O) groups excluding carboxylic acids is 3. The highest BCUT2D eigenvalue weighted by Crippen LogP contribution is 2.36. The maximum atomic E-state index is 12.5. The first-order chi connectivity index (χ1) is 11.7. The van der Waals surface area contributed by atoms with Gasteiger partial charge in [-0.15, -0.1) is 11.3 Å². The minimum atomic E-state index is -0.545. The van der Waals surface area contributed by atoms with Crippen LogP contribution in [0.5, 0.6) is 0 Å². The third kappa shape index (κ3) is 4.60. The summed E-state index contributed by atoms with van der Waals surface area (Å²) >= 11 is 1.06. The molecular formula is C18H25NO5S. The van der Waals surface area contributed by atoms with Crippen LogP contribution in [-0.2, 0) is 14.3 Å². The van der Waals surface area contributed by atoms with Crippen LogP contribution in [0.2, 0.25) is 0 Å². The zero-order valence-corrected chi connectivity index (χ0v) is 16.1. The molecule has 0 bridgehead atoms. The van der Waals surface area contributed by atoms with Crippen molar-refractivity contribution in [2.75, 3.05) is 5.32 Å². The number of hydrogen-bond acceptors (Lipinski definition) is 6. The molecule has 1 amide bonds. The van der Waals surface area contributed by atoms with Crippen molar-refractivity contribution >= 4 is 34.2 Å². The Morgan fingerprint density at radius 1 is 1.04 bits per heavy atom. The van der Waals surface area contributed by atoms with E-state index in [0.717, 1.165) is 30.6 Å². The van der Waals surface area contributed by atoms with Gasteiger partial charge in [-0.1, -0.05) is 6.42 Å². The van der Waals surface area contributed by atoms with E-state index in [4.69, 9.17) is 9.47 Å². The maximum absolute atomic E-state index is 12.5. The SMILES string of the molecule is Cc1c(C(=O)OC(C)C)sc(NC(=O)C2CCC2)c1C(=O)OC(C)C. The first kappa shape index (κ1) is 19.4. The van der Waals surface area contributed by atoms with Gasteiger partial charge in [-0.2, -0.15) is 0 Å². The van der Waals surface area contributed by atoms with Crippen molar-refractivity contribution in [3.8, 4) is 0 Å². The highest BCUT2D eigenvalue weighted by atomic mass is 32.1. The van der Waals surface area contributed by atoms with Crippen molar-refractivity contribution in [1.29, 1.82) is 0 Å². The number of rotatable bonds is 6. The van der Waals surface area contributed by atoms with Crippen LogP contribution in [0.3, 0.4) is 0 Å². The normalized spacial score (nSPS) is 14.4. The fraction of sp³-hybridized carbons (Fsp3) is 0.611. The second-order valence-electron chi connectivity index (χ2n) is 6.79. The van der Waals surface area contributed by atoms with Gasteiger partial charge in [0.25, 0.3) is 0 Å². The van der Waals surface area contributed by atoms with Crippen molar-refractivity contribution in [1.82, 2.24) is 0 Å². The van der Waals surface area contributed by atoms with Gasteiger partial charge < -0.3 is 14.8 Å². The molecule has 0 unspecified atom stereocenters. The van der Waals surface area contributed by atoms with E-state index < -0.39 is 11.9 Å². The van der Waals surface area contributed by atoms with Gasteiger partial charge in [0.1, 0.15) is 9.88 Å². The molecule has 6 nitrogen and oxygen atoms in total. The summed E-state index contributed by atoms with van der Waals surface area (Å²) in [5, 5.41) is 3.16. The molecule has 1 N–H and O–H groups in total. The van der Waals surface area contributed by atoms with Crippen molar-refractivity contribution in [3.63, 3.8) is 0 Å². The molecule has 1 fully saturated rings. The fourth-order valence-electron chi connectivity index (χ4n) is 2.47. The molecule has 1 aromatic rings. The van der Waals surface area contributed by atoms with E-state index in [1.807, 2.05) is 0 Å². The van der Waals surface area contributed by atoms with Crippen LogP contribution in [-0.4, -0.2) is 30.1 Å². The van der Waals surface area contributed by atoms with E-state index in [1.165, 1.54) is 0 Å². The molecule has 0 spiro atoms. The Kier molecular flexibility index (Phi) is 6.21. The van der Waals surface area contributed by atoms with Crippen molar-refractivity contribution in [3.05, 3.63) is 16.0 Å². The van der Waals surface area contributed by atoms with Gasteiger partial charge in [-0.05, 0) is 53.0 Å². The van der Waals surface area contributed by atoms with Gasteiger partial charge in [-0.3, -0.25) is 4.79 Å². The first-order valence-corrected chi connectivity index (χ1v) is 9.38. The van der Waals surface area contributed by atoms with Crippen LogP contribution in [0.25, 0.3) is 0 Å². The number of anilines is 1. The third-order valence-corrected chi connectivity index (χ3v) is 5.12. The predicted molar refractivity (Wildman–Crippen MR) is 96.1 cm³/mol. The molecule has 0 aromatic carbocycles. The largest absolute Gasteiger partial charge is 0.459 e. The smallest absolute Gasteiger partial charge is 0.348 e. The Hall–Kier alpha value is -1.89. The average molecular weight is 367 g/mol. The van der Waals surface area contributed by atoms with Crippen molar-refractivity contribution in [2.45, 2.75) is 66.1 Å². The molecule has 1 aromatic heterocycles. The van der Waals surface area contributed by atoms with E-state index in [0.29, 0.717) is 15.4 Å². The lowest BCUT2D eigenvalue weighted by molar-refractivity contribution is -0.122. The van der Waals surface area contributed by atoms with Crippen LogP contribution in [0.15, 0.2) is 0 Å². The fourth-order valence-corrected chi connectivity index (χ4v) is 3.55. The van der Waals surface area contributed by atoms with E-state index in [-0.39, 0.29) is 29.6 Å². The van der Waals surface area contributed by atoms with Gasteiger partial charge in [-0.25, -0.2) is 9.59 Å². The second-order valence-corrected chi connectivity index (χ2v) is 7.81. The Morgan fingerprint density at radius 3 is 2.08 bits per heavy atom. The lowest BCUT2D eigenvalue weighted by atomic mass is 9.85. The standard InChI is InChI=1S/C18H25NO5S/c1-9(2)23-17(21)13-11(5)14(18(22)24-10(3)4)25-16(13)19-15(20)12-7-6-8-12/h9-10,12H,6-8H2,1-5H3,(H,19,20). The molecule has 0 radical (unpaired) electrons. The Labute approximate surface area is 151 Å². The number of thiophene rings is 1. The zero-order chi connectivity index (χ0) is 18.7. The van der Waals surface area contributed by atoms with Crippen LogP contribution in [0.1, 0.15) is 72.6 Å². The summed E-state index contributed by atoms with van der Waals surface area (Å²) in [5.74, 6) is -1.19. The van der Waals surface area contributed by atoms with Gasteiger partial charge in [0.15, 0.2) is 0 Å². The van der Waals surface area contributed by atoms with E-state index in [9.17, 15) is 14.4 Å². The molecule has 0 atom stereocenters. The van der Waals surface area contributed by atoms with Crippen LogP contribution in [0.4, 0.5) is 5.00 Å². The molecule has 1 heterocycles. The summed E-state index contributed by atoms with van der Waals surface area (Å²) in [7, 11) is 0. The molecule has 0 aliphatic heterocycles. The molecule has 1 aliphatic rings. The Bertz CT molecular complexity index is 673. The molecule has 1 aliphatic carbocycles. The van der Waals surface area contributed by atoms with Gasteiger partial charge >= 0.3 is 11.9 Å². The Morgan fingerprint density at radius 2 is 1.60 bits per heavy atom. The van der Waals surface area contributed by atoms with Gasteiger partial charge in [0.05, 0.1) is 17.8 Å². The predicted octanol–water partition coefficient (Wildman–Crippen LogP) is 3.93. The highest BCUT2D eigenvalue weighted by molar-refractivity contribution is 7.18. The summed E-state index contributed by atoms with van der Waals surface area (Å²) in [6.45, 7) is 8.69. The second kappa shape index (κ2) is 7.99. The average Bonchev–Trinajstić information content (AvgIpc) is 2.71. The molecule has 25 heavy (non-hydrogen) atoms. The molecule has 2 rings (SSSR count). The number of hydrogen-bond donors (Lipinski definition) is 1. The number of esters is 2.